The van der Waals surface area contributed by atoms with Gasteiger partial charge in [-0.1, -0.05) is 6.42 Å². The maximum absolute atomic E-state index is 12.3. The zero-order valence-electron chi connectivity index (χ0n) is 13.2. The third-order valence-corrected chi connectivity index (χ3v) is 3.08. The Labute approximate surface area is 129 Å². The number of hydrogen-bond donors (Lipinski definition) is 2. The monoisotopic (exact) mass is 316 g/mol. The number of esters is 2. The molecule has 0 aromatic heterocycles. The normalized spacial score (nSPS) is 19.1. The van der Waals surface area contributed by atoms with Crippen LogP contribution >= 0.6 is 0 Å². The van der Waals surface area contributed by atoms with E-state index in [-0.39, 0.29) is 0 Å². The number of ether oxygens (including phenoxy) is 2. The van der Waals surface area contributed by atoms with Crippen LogP contribution in [-0.2, 0) is 23.9 Å². The van der Waals surface area contributed by atoms with Crippen molar-refractivity contribution in [3.63, 3.8) is 0 Å². The first kappa shape index (κ1) is 18.4. The maximum Gasteiger partial charge on any atom is 0.363 e. The van der Waals surface area contributed by atoms with Crippen molar-refractivity contribution in [1.29, 1.82) is 0 Å². The number of nitrogens with zero attached hydrogens (tertiary/aromatic N) is 1. The van der Waals surface area contributed by atoms with Crippen LogP contribution in [0.5, 0.6) is 0 Å². The summed E-state index contributed by atoms with van der Waals surface area (Å²) in [6.07, 6.45) is 1.49. The van der Waals surface area contributed by atoms with E-state index < -0.39 is 35.8 Å². The quantitative estimate of drug-likeness (QED) is 0.541. The molecule has 0 radical (unpaired) electrons. The van der Waals surface area contributed by atoms with Gasteiger partial charge in [-0.3, -0.25) is 4.90 Å². The van der Waals surface area contributed by atoms with Crippen molar-refractivity contribution in [3.8, 4) is 0 Å². The molecule has 1 aliphatic rings. The lowest BCUT2D eigenvalue weighted by atomic mass is 10.1. The van der Waals surface area contributed by atoms with E-state index in [0.717, 1.165) is 19.3 Å². The zero-order valence-corrected chi connectivity index (χ0v) is 13.2. The third kappa shape index (κ3) is 5.61. The van der Waals surface area contributed by atoms with Gasteiger partial charge in [0.1, 0.15) is 5.60 Å². The molecule has 8 heteroatoms. The summed E-state index contributed by atoms with van der Waals surface area (Å²) in [5.41, 5.74) is 4.48. The summed E-state index contributed by atoms with van der Waals surface area (Å²) in [6.45, 7) is 6.23. The van der Waals surface area contributed by atoms with E-state index in [2.05, 4.69) is 0 Å². The van der Waals surface area contributed by atoms with Gasteiger partial charge in [-0.2, -0.15) is 0 Å². The highest BCUT2D eigenvalue weighted by atomic mass is 16.6. The molecule has 1 fully saturated rings. The molecule has 1 rings (SSSR count). The number of piperidine rings is 1. The smallest absolute Gasteiger partial charge is 0.363 e. The summed E-state index contributed by atoms with van der Waals surface area (Å²) in [5.74, 6) is -3.39. The van der Waals surface area contributed by atoms with Gasteiger partial charge in [-0.25, -0.2) is 14.4 Å². The minimum Gasteiger partial charge on any atom is -0.480 e. The predicted molar refractivity (Wildman–Crippen MR) is 76.8 cm³/mol. The van der Waals surface area contributed by atoms with Gasteiger partial charge in [-0.15, -0.1) is 0 Å². The summed E-state index contributed by atoms with van der Waals surface area (Å²) < 4.78 is 10.3. The Morgan fingerprint density at radius 2 is 1.64 bits per heavy atom. The van der Waals surface area contributed by atoms with E-state index in [1.807, 2.05) is 0 Å². The molecule has 0 bridgehead atoms. The minimum absolute atomic E-state index is 0.569. The molecule has 0 aromatic rings. The fourth-order valence-corrected chi connectivity index (χ4v) is 2.06. The van der Waals surface area contributed by atoms with Gasteiger partial charge in [0.05, 0.1) is 0 Å². The maximum atomic E-state index is 12.3. The number of hydrogen-bond acceptors (Lipinski definition) is 7. The Morgan fingerprint density at radius 1 is 1.09 bits per heavy atom. The number of aliphatic carboxylic acids is 1. The molecule has 2 atom stereocenters. The van der Waals surface area contributed by atoms with Crippen LogP contribution in [0.1, 0.15) is 40.0 Å². The van der Waals surface area contributed by atoms with Gasteiger partial charge >= 0.3 is 17.9 Å². The van der Waals surface area contributed by atoms with Crippen molar-refractivity contribution in [1.82, 2.24) is 4.90 Å². The number of carbonyl (C=O) groups is 3. The third-order valence-electron chi connectivity index (χ3n) is 3.08. The molecule has 1 heterocycles. The van der Waals surface area contributed by atoms with E-state index >= 15 is 0 Å². The minimum atomic E-state index is -1.82. The first-order chi connectivity index (χ1) is 10.1. The summed E-state index contributed by atoms with van der Waals surface area (Å²) in [5, 5.41) is 8.75. The summed E-state index contributed by atoms with van der Waals surface area (Å²) in [6, 6.07) is -1.82. The van der Waals surface area contributed by atoms with Crippen LogP contribution in [-0.4, -0.2) is 58.9 Å². The Balaban J connectivity index is 2.83. The second-order valence-electron chi connectivity index (χ2n) is 6.24. The van der Waals surface area contributed by atoms with E-state index in [4.69, 9.17) is 20.3 Å². The van der Waals surface area contributed by atoms with E-state index in [1.54, 1.807) is 25.7 Å². The van der Waals surface area contributed by atoms with Crippen molar-refractivity contribution >= 4 is 17.9 Å². The first-order valence-corrected chi connectivity index (χ1v) is 7.27. The van der Waals surface area contributed by atoms with Gasteiger partial charge in [0, 0.05) is 13.1 Å². The van der Waals surface area contributed by atoms with Crippen LogP contribution in [0.4, 0.5) is 0 Å². The van der Waals surface area contributed by atoms with Gasteiger partial charge in [-0.05, 0) is 33.6 Å². The predicted octanol–water partition coefficient (Wildman–Crippen LogP) is 0.0952. The standard InChI is InChI=1S/C14H24N2O6/c1-14(2,3)22-13(20)10(16-7-5-4-6-8-16)21-12(19)9(15)11(17)18/h9-10H,4-8,15H2,1-3H3,(H,17,18)/t9-,10-/m1/s1. The molecular weight excluding hydrogens is 292 g/mol. The fourth-order valence-electron chi connectivity index (χ4n) is 2.06. The van der Waals surface area contributed by atoms with Gasteiger partial charge in [0.25, 0.3) is 6.23 Å². The molecule has 3 N–H and O–H groups in total. The van der Waals surface area contributed by atoms with E-state index in [9.17, 15) is 14.4 Å². The molecule has 0 unspecified atom stereocenters. The largest absolute Gasteiger partial charge is 0.480 e. The number of carboxylic acids is 1. The van der Waals surface area contributed by atoms with E-state index in [0.29, 0.717) is 13.1 Å². The number of likely N-dealkylation sites (tertiary alicyclic amines) is 1. The van der Waals surface area contributed by atoms with E-state index in [1.165, 1.54) is 0 Å². The molecule has 0 aliphatic carbocycles. The number of nitrogens with two attached hydrogens (primary N) is 1. The molecule has 0 amide bonds. The molecule has 8 nitrogen and oxygen atoms in total. The SMILES string of the molecule is CC(C)(C)OC(=O)[C@@H](OC(=O)[C@H](N)C(=O)O)N1CCCCC1. The lowest BCUT2D eigenvalue weighted by Crippen LogP contribution is -2.52. The highest BCUT2D eigenvalue weighted by Crippen LogP contribution is 2.17. The van der Waals surface area contributed by atoms with Crippen molar-refractivity contribution < 1.29 is 29.0 Å². The lowest BCUT2D eigenvalue weighted by molar-refractivity contribution is -0.191. The number of carboxylic acid groups (broad SMARTS) is 1. The van der Waals surface area contributed by atoms with Crippen molar-refractivity contribution in [2.24, 2.45) is 5.73 Å². The molecule has 1 aliphatic heterocycles. The van der Waals surface area contributed by atoms with Crippen molar-refractivity contribution in [2.45, 2.75) is 57.9 Å². The molecule has 0 saturated carbocycles. The van der Waals surface area contributed by atoms with Gasteiger partial charge < -0.3 is 20.3 Å². The van der Waals surface area contributed by atoms with Crippen LogP contribution in [0.15, 0.2) is 0 Å². The van der Waals surface area contributed by atoms with Crippen LogP contribution in [0, 0.1) is 0 Å². The van der Waals surface area contributed by atoms with Crippen LogP contribution in [0.3, 0.4) is 0 Å². The van der Waals surface area contributed by atoms with Crippen molar-refractivity contribution in [3.05, 3.63) is 0 Å². The molecular formula is C14H24N2O6. The average Bonchev–Trinajstić information content (AvgIpc) is 2.42. The average molecular weight is 316 g/mol. The highest BCUT2D eigenvalue weighted by Gasteiger charge is 2.36. The highest BCUT2D eigenvalue weighted by molar-refractivity contribution is 5.98. The second kappa shape index (κ2) is 7.55. The topological polar surface area (TPSA) is 119 Å². The number of carbonyl (C=O) groups excluding carboxylic acids is 2. The van der Waals surface area contributed by atoms with Crippen LogP contribution < -0.4 is 5.73 Å². The molecule has 0 spiro atoms. The summed E-state index contributed by atoms with van der Waals surface area (Å²) >= 11 is 0. The Hall–Kier alpha value is -1.67. The zero-order chi connectivity index (χ0) is 16.9. The fraction of sp³-hybridized carbons (Fsp3) is 0.786. The Kier molecular flexibility index (Phi) is 6.31. The van der Waals surface area contributed by atoms with Gasteiger partial charge in [0.15, 0.2) is 0 Å². The van der Waals surface area contributed by atoms with Crippen LogP contribution in [0.25, 0.3) is 0 Å². The van der Waals surface area contributed by atoms with Crippen molar-refractivity contribution in [2.75, 3.05) is 13.1 Å². The molecule has 1 saturated heterocycles. The summed E-state index contributed by atoms with van der Waals surface area (Å²) in [7, 11) is 0. The molecule has 126 valence electrons. The molecule has 22 heavy (non-hydrogen) atoms. The number of rotatable bonds is 5. The van der Waals surface area contributed by atoms with Gasteiger partial charge in [0.2, 0.25) is 6.04 Å². The Morgan fingerprint density at radius 3 is 2.09 bits per heavy atom. The van der Waals surface area contributed by atoms with Crippen LogP contribution in [0.2, 0.25) is 0 Å². The lowest BCUT2D eigenvalue weighted by Gasteiger charge is -2.34. The second-order valence-corrected chi connectivity index (χ2v) is 6.24. The summed E-state index contributed by atoms with van der Waals surface area (Å²) in [4.78, 5) is 36.4. The molecule has 0 aromatic carbocycles. The first-order valence-electron chi connectivity index (χ1n) is 7.27. The Bertz CT molecular complexity index is 426.